The smallest absolute Gasteiger partial charge is 0.382 e. The van der Waals surface area contributed by atoms with Crippen molar-refractivity contribution in [2.24, 2.45) is 0 Å². The van der Waals surface area contributed by atoms with Crippen LogP contribution in [0.2, 0.25) is 0 Å². The number of aromatic nitrogens is 4. The summed E-state index contributed by atoms with van der Waals surface area (Å²) in [6.45, 7) is -0.0865. The summed E-state index contributed by atoms with van der Waals surface area (Å²) in [6.07, 6.45) is 2.80. The Kier molecular flexibility index (Phi) is 4.08. The normalized spacial score (nSPS) is 12.1. The van der Waals surface area contributed by atoms with Crippen LogP contribution in [-0.2, 0) is 20.6 Å². The van der Waals surface area contributed by atoms with Gasteiger partial charge < -0.3 is 20.3 Å². The summed E-state index contributed by atoms with van der Waals surface area (Å²) in [5.41, 5.74) is 6.61. The fourth-order valence-corrected chi connectivity index (χ4v) is 1.68. The Morgan fingerprint density at radius 1 is 1.32 bits per heavy atom. The van der Waals surface area contributed by atoms with Crippen LogP contribution in [0.15, 0.2) is 12.7 Å². The largest absolute Gasteiger partial charge is 0.469 e. The minimum atomic E-state index is -4.45. The van der Waals surface area contributed by atoms with Gasteiger partial charge in [-0.1, -0.05) is 0 Å². The Morgan fingerprint density at radius 3 is 2.84 bits per heavy atom. The molecule has 0 saturated heterocycles. The van der Waals surface area contributed by atoms with Gasteiger partial charge in [0.1, 0.15) is 18.6 Å². The second-order valence-electron chi connectivity index (χ2n) is 3.51. The zero-order valence-corrected chi connectivity index (χ0v) is 10.6. The number of anilines is 1. The van der Waals surface area contributed by atoms with Crippen molar-refractivity contribution < 1.29 is 23.6 Å². The predicted molar refractivity (Wildman–Crippen MR) is 63.7 cm³/mol. The first-order valence-corrected chi connectivity index (χ1v) is 6.69. The van der Waals surface area contributed by atoms with E-state index >= 15 is 0 Å². The molecule has 11 heteroatoms. The van der Waals surface area contributed by atoms with E-state index in [0.29, 0.717) is 11.2 Å². The Bertz CT molecular complexity index is 611. The van der Waals surface area contributed by atoms with Crippen LogP contribution in [0.1, 0.15) is 0 Å². The zero-order chi connectivity index (χ0) is 13.9. The lowest BCUT2D eigenvalue weighted by Gasteiger charge is -2.07. The molecule has 0 aliphatic heterocycles. The van der Waals surface area contributed by atoms with Crippen molar-refractivity contribution in [3.63, 3.8) is 0 Å². The quantitative estimate of drug-likeness (QED) is 0.472. The molecule has 0 aliphatic carbocycles. The third kappa shape index (κ3) is 3.69. The first-order valence-electron chi connectivity index (χ1n) is 5.16. The molecule has 0 aliphatic rings. The highest BCUT2D eigenvalue weighted by Gasteiger charge is 2.13. The SMILES string of the molecule is Nc1ncnc2c1ncn2COCCOP(=O)(O)O. The van der Waals surface area contributed by atoms with Crippen molar-refractivity contribution in [1.82, 2.24) is 19.5 Å². The molecule has 10 nitrogen and oxygen atoms in total. The Morgan fingerprint density at radius 2 is 2.11 bits per heavy atom. The number of imidazole rings is 1. The standard InChI is InChI=1S/C8H12N5O5P/c9-7-6-8(11-3-10-7)13(4-12-6)5-17-1-2-18-19(14,15)16/h3-4H,1-2,5H2,(H2,9,10,11)(H2,14,15,16). The number of phosphoric acid groups is 1. The van der Waals surface area contributed by atoms with Crippen molar-refractivity contribution in [1.29, 1.82) is 0 Å². The molecule has 0 radical (unpaired) electrons. The second-order valence-corrected chi connectivity index (χ2v) is 4.75. The van der Waals surface area contributed by atoms with Gasteiger partial charge in [-0.05, 0) is 0 Å². The highest BCUT2D eigenvalue weighted by molar-refractivity contribution is 7.46. The topological polar surface area (TPSA) is 146 Å². The highest BCUT2D eigenvalue weighted by atomic mass is 31.2. The molecular formula is C8H12N5O5P. The first kappa shape index (κ1) is 13.8. The maximum absolute atomic E-state index is 10.4. The summed E-state index contributed by atoms with van der Waals surface area (Å²) in [4.78, 5) is 28.8. The first-order chi connectivity index (χ1) is 8.97. The number of hydrogen-bond donors (Lipinski definition) is 3. The number of nitrogens with two attached hydrogens (primary N) is 1. The minimum absolute atomic E-state index is 0.0192. The zero-order valence-electron chi connectivity index (χ0n) is 9.71. The fraction of sp³-hybridized carbons (Fsp3) is 0.375. The molecule has 4 N–H and O–H groups in total. The van der Waals surface area contributed by atoms with E-state index in [1.807, 2.05) is 0 Å². The molecule has 0 atom stereocenters. The van der Waals surface area contributed by atoms with Gasteiger partial charge in [-0.3, -0.25) is 9.09 Å². The number of fused-ring (bicyclic) bond motifs is 1. The van der Waals surface area contributed by atoms with Gasteiger partial charge in [0.05, 0.1) is 19.5 Å². The lowest BCUT2D eigenvalue weighted by molar-refractivity contribution is 0.0474. The monoisotopic (exact) mass is 289 g/mol. The average Bonchev–Trinajstić information content (AvgIpc) is 2.72. The van der Waals surface area contributed by atoms with Crippen LogP contribution in [0.4, 0.5) is 5.82 Å². The van der Waals surface area contributed by atoms with E-state index in [1.165, 1.54) is 12.7 Å². The van der Waals surface area contributed by atoms with Crippen LogP contribution in [0.5, 0.6) is 0 Å². The van der Waals surface area contributed by atoms with E-state index < -0.39 is 7.82 Å². The molecule has 2 rings (SSSR count). The predicted octanol–water partition coefficient (Wildman–Crippen LogP) is -0.508. The van der Waals surface area contributed by atoms with Crippen molar-refractivity contribution in [2.45, 2.75) is 6.73 Å². The molecule has 0 bridgehead atoms. The average molecular weight is 289 g/mol. The van der Waals surface area contributed by atoms with Gasteiger partial charge in [-0.25, -0.2) is 19.5 Å². The van der Waals surface area contributed by atoms with Crippen molar-refractivity contribution in [3.05, 3.63) is 12.7 Å². The summed E-state index contributed by atoms with van der Waals surface area (Å²) in [6, 6.07) is 0. The van der Waals surface area contributed by atoms with Crippen LogP contribution >= 0.6 is 7.82 Å². The second kappa shape index (κ2) is 5.59. The molecule has 0 amide bonds. The molecule has 0 spiro atoms. The van der Waals surface area contributed by atoms with Crippen molar-refractivity contribution in [3.8, 4) is 0 Å². The molecule has 104 valence electrons. The molecular weight excluding hydrogens is 277 g/mol. The van der Waals surface area contributed by atoms with Crippen molar-refractivity contribution in [2.75, 3.05) is 18.9 Å². The Labute approximate surface area is 107 Å². The third-order valence-electron chi connectivity index (χ3n) is 2.15. The Balaban J connectivity index is 1.89. The summed E-state index contributed by atoms with van der Waals surface area (Å²) in [5.74, 6) is 0.272. The lowest BCUT2D eigenvalue weighted by Crippen LogP contribution is -2.07. The van der Waals surface area contributed by atoms with E-state index in [4.69, 9.17) is 20.3 Å². The summed E-state index contributed by atoms with van der Waals surface area (Å²) in [7, 11) is -4.45. The van der Waals surface area contributed by atoms with Gasteiger partial charge in [-0.2, -0.15) is 0 Å². The molecule has 0 unspecified atom stereocenters. The molecule has 19 heavy (non-hydrogen) atoms. The van der Waals surface area contributed by atoms with Gasteiger partial charge in [0.15, 0.2) is 11.5 Å². The van der Waals surface area contributed by atoms with Crippen LogP contribution in [0.3, 0.4) is 0 Å². The van der Waals surface area contributed by atoms with E-state index in [0.717, 1.165) is 0 Å². The summed E-state index contributed by atoms with van der Waals surface area (Å²) >= 11 is 0. The number of nitrogen functional groups attached to an aromatic ring is 1. The van der Waals surface area contributed by atoms with Crippen LogP contribution < -0.4 is 5.73 Å². The number of nitrogens with zero attached hydrogens (tertiary/aromatic N) is 4. The van der Waals surface area contributed by atoms with Crippen LogP contribution in [0.25, 0.3) is 11.2 Å². The number of hydrogen-bond acceptors (Lipinski definition) is 7. The third-order valence-corrected chi connectivity index (χ3v) is 2.67. The van der Waals surface area contributed by atoms with Gasteiger partial charge >= 0.3 is 7.82 Å². The summed E-state index contributed by atoms with van der Waals surface area (Å²) < 4.78 is 21.4. The molecule has 0 saturated carbocycles. The Hall–Kier alpha value is -1.58. The van der Waals surface area contributed by atoms with Gasteiger partial charge in [0, 0.05) is 0 Å². The summed E-state index contributed by atoms with van der Waals surface area (Å²) in [5, 5.41) is 0. The van der Waals surface area contributed by atoms with Crippen LogP contribution in [-0.4, -0.2) is 42.5 Å². The van der Waals surface area contributed by atoms with E-state index in [2.05, 4.69) is 19.5 Å². The number of phosphoric ester groups is 1. The lowest BCUT2D eigenvalue weighted by atomic mass is 10.5. The molecule has 2 aromatic heterocycles. The maximum atomic E-state index is 10.4. The van der Waals surface area contributed by atoms with Gasteiger partial charge in [0.2, 0.25) is 0 Å². The molecule has 2 heterocycles. The van der Waals surface area contributed by atoms with Crippen molar-refractivity contribution >= 4 is 24.8 Å². The van der Waals surface area contributed by atoms with Gasteiger partial charge in [0.25, 0.3) is 0 Å². The van der Waals surface area contributed by atoms with Gasteiger partial charge in [-0.15, -0.1) is 0 Å². The maximum Gasteiger partial charge on any atom is 0.469 e. The van der Waals surface area contributed by atoms with Crippen LogP contribution in [0, 0.1) is 0 Å². The number of rotatable bonds is 6. The highest BCUT2D eigenvalue weighted by Crippen LogP contribution is 2.35. The molecule has 0 aromatic carbocycles. The molecule has 0 fully saturated rings. The van der Waals surface area contributed by atoms with E-state index in [1.54, 1.807) is 4.57 Å². The number of ether oxygens (including phenoxy) is 1. The van der Waals surface area contributed by atoms with E-state index in [-0.39, 0.29) is 25.8 Å². The van der Waals surface area contributed by atoms with E-state index in [9.17, 15) is 4.57 Å². The molecule has 2 aromatic rings. The fourth-order valence-electron chi connectivity index (χ4n) is 1.37. The minimum Gasteiger partial charge on any atom is -0.382 e.